The average molecular weight is 176 g/mol. The smallest absolute Gasteiger partial charge is 0.304 e. The number of hydrogen-bond acceptors (Lipinski definition) is 3. The molecule has 0 saturated carbocycles. The number of carbonyl (C=O) groups is 1. The number of carboxylic acids is 1. The number of carboxylic acid groups (broad SMARTS) is 1. The van der Waals surface area contributed by atoms with Gasteiger partial charge < -0.3 is 9.84 Å². The van der Waals surface area contributed by atoms with Crippen molar-refractivity contribution in [1.82, 2.24) is 0 Å². The van der Waals surface area contributed by atoms with Crippen molar-refractivity contribution in [2.24, 2.45) is 0 Å². The van der Waals surface area contributed by atoms with Crippen LogP contribution in [0.1, 0.15) is 12.8 Å². The first-order valence-corrected chi connectivity index (χ1v) is 4.75. The highest BCUT2D eigenvalue weighted by molar-refractivity contribution is 7.99. The molecule has 0 radical (unpaired) electrons. The van der Waals surface area contributed by atoms with Gasteiger partial charge >= 0.3 is 5.97 Å². The quantitative estimate of drug-likeness (QED) is 0.693. The molecule has 1 heterocycles. The van der Waals surface area contributed by atoms with Crippen molar-refractivity contribution in [3.63, 3.8) is 0 Å². The van der Waals surface area contributed by atoms with E-state index in [1.54, 1.807) is 11.8 Å². The molecule has 1 saturated heterocycles. The molecular weight excluding hydrogens is 164 g/mol. The summed E-state index contributed by atoms with van der Waals surface area (Å²) >= 11 is 1.71. The first kappa shape index (κ1) is 8.87. The van der Waals surface area contributed by atoms with E-state index in [1.807, 2.05) is 0 Å². The van der Waals surface area contributed by atoms with E-state index in [0.29, 0.717) is 11.0 Å². The number of ether oxygens (including phenoxy) is 1. The molecule has 0 aromatic carbocycles. The molecule has 0 bridgehead atoms. The van der Waals surface area contributed by atoms with Crippen LogP contribution in [0.4, 0.5) is 0 Å². The second-order valence-electron chi connectivity index (χ2n) is 2.50. The molecule has 3 nitrogen and oxygen atoms in total. The van der Waals surface area contributed by atoms with Crippen LogP contribution in [-0.4, -0.2) is 35.3 Å². The van der Waals surface area contributed by atoms with Crippen LogP contribution in [0.25, 0.3) is 0 Å². The average Bonchev–Trinajstić information content (AvgIpc) is 2.39. The summed E-state index contributed by atoms with van der Waals surface area (Å²) in [5.74, 6) is 0.0000142. The minimum Gasteiger partial charge on any atom is -0.481 e. The van der Waals surface area contributed by atoms with Gasteiger partial charge in [0, 0.05) is 17.6 Å². The highest BCUT2D eigenvalue weighted by Gasteiger charge is 2.15. The summed E-state index contributed by atoms with van der Waals surface area (Å²) in [6, 6.07) is 0. The second kappa shape index (κ2) is 4.62. The standard InChI is InChI=1S/C7H12O3S/c8-7(9)2-4-11-6-1-3-10-5-6/h6H,1-5H2,(H,8,9). The van der Waals surface area contributed by atoms with Gasteiger partial charge in [-0.25, -0.2) is 0 Å². The minimum absolute atomic E-state index is 0.265. The molecule has 1 fully saturated rings. The molecule has 0 aromatic rings. The third-order valence-electron chi connectivity index (χ3n) is 1.56. The summed E-state index contributed by atoms with van der Waals surface area (Å²) in [7, 11) is 0. The van der Waals surface area contributed by atoms with Crippen LogP contribution in [0.3, 0.4) is 0 Å². The van der Waals surface area contributed by atoms with Gasteiger partial charge in [0.15, 0.2) is 0 Å². The summed E-state index contributed by atoms with van der Waals surface area (Å²) in [5, 5.41) is 8.88. The van der Waals surface area contributed by atoms with Gasteiger partial charge in [-0.3, -0.25) is 4.79 Å². The van der Waals surface area contributed by atoms with Gasteiger partial charge in [0.2, 0.25) is 0 Å². The summed E-state index contributed by atoms with van der Waals surface area (Å²) < 4.78 is 5.15. The summed E-state index contributed by atoms with van der Waals surface area (Å²) in [5.41, 5.74) is 0. The van der Waals surface area contributed by atoms with E-state index in [9.17, 15) is 4.79 Å². The van der Waals surface area contributed by atoms with Crippen molar-refractivity contribution in [3.8, 4) is 0 Å². The topological polar surface area (TPSA) is 46.5 Å². The molecule has 1 aliphatic rings. The minimum atomic E-state index is -0.712. The Morgan fingerprint density at radius 1 is 1.73 bits per heavy atom. The largest absolute Gasteiger partial charge is 0.481 e. The molecule has 11 heavy (non-hydrogen) atoms. The van der Waals surface area contributed by atoms with Gasteiger partial charge in [-0.2, -0.15) is 11.8 Å². The molecule has 0 spiro atoms. The van der Waals surface area contributed by atoms with Gasteiger partial charge in [-0.05, 0) is 6.42 Å². The maximum absolute atomic E-state index is 10.1. The molecule has 0 amide bonds. The van der Waals surface area contributed by atoms with Gasteiger partial charge in [0.1, 0.15) is 0 Å². The zero-order valence-electron chi connectivity index (χ0n) is 6.28. The Kier molecular flexibility index (Phi) is 3.72. The Morgan fingerprint density at radius 2 is 2.55 bits per heavy atom. The Balaban J connectivity index is 1.98. The van der Waals surface area contributed by atoms with E-state index < -0.39 is 5.97 Å². The van der Waals surface area contributed by atoms with Crippen molar-refractivity contribution in [1.29, 1.82) is 0 Å². The molecule has 0 aliphatic carbocycles. The maximum atomic E-state index is 10.1. The summed E-state index contributed by atoms with van der Waals surface area (Å²) in [4.78, 5) is 10.1. The first-order chi connectivity index (χ1) is 5.29. The van der Waals surface area contributed by atoms with Crippen molar-refractivity contribution in [2.45, 2.75) is 18.1 Å². The van der Waals surface area contributed by atoms with Crippen LogP contribution in [0, 0.1) is 0 Å². The van der Waals surface area contributed by atoms with E-state index in [-0.39, 0.29) is 6.42 Å². The molecule has 64 valence electrons. The SMILES string of the molecule is O=C(O)CCSC1CCOC1. The maximum Gasteiger partial charge on any atom is 0.304 e. The zero-order chi connectivity index (χ0) is 8.10. The van der Waals surface area contributed by atoms with E-state index in [4.69, 9.17) is 9.84 Å². The van der Waals surface area contributed by atoms with Crippen LogP contribution < -0.4 is 0 Å². The molecular formula is C7H12O3S. The molecule has 1 rings (SSSR count). The van der Waals surface area contributed by atoms with E-state index in [0.717, 1.165) is 19.6 Å². The zero-order valence-corrected chi connectivity index (χ0v) is 7.10. The number of thioether (sulfide) groups is 1. The number of hydrogen-bond donors (Lipinski definition) is 1. The highest BCUT2D eigenvalue weighted by atomic mass is 32.2. The molecule has 0 aromatic heterocycles. The van der Waals surface area contributed by atoms with Gasteiger partial charge in [0.05, 0.1) is 13.0 Å². The third-order valence-corrected chi connectivity index (χ3v) is 2.84. The second-order valence-corrected chi connectivity index (χ2v) is 3.91. The van der Waals surface area contributed by atoms with Gasteiger partial charge in [-0.1, -0.05) is 0 Å². The van der Waals surface area contributed by atoms with Crippen LogP contribution in [0.2, 0.25) is 0 Å². The fourth-order valence-electron chi connectivity index (χ4n) is 0.957. The lowest BCUT2D eigenvalue weighted by atomic mass is 10.4. The predicted molar refractivity (Wildman–Crippen MR) is 43.9 cm³/mol. The third kappa shape index (κ3) is 3.62. The fourth-order valence-corrected chi connectivity index (χ4v) is 2.04. The molecule has 1 atom stereocenters. The Hall–Kier alpha value is -0.220. The molecule has 4 heteroatoms. The van der Waals surface area contributed by atoms with Crippen molar-refractivity contribution in [2.75, 3.05) is 19.0 Å². The van der Waals surface area contributed by atoms with Crippen molar-refractivity contribution in [3.05, 3.63) is 0 Å². The van der Waals surface area contributed by atoms with Crippen molar-refractivity contribution < 1.29 is 14.6 Å². The van der Waals surface area contributed by atoms with Crippen LogP contribution >= 0.6 is 11.8 Å². The lowest BCUT2D eigenvalue weighted by Crippen LogP contribution is -2.04. The summed E-state index contributed by atoms with van der Waals surface area (Å²) in [6.07, 6.45) is 1.34. The lowest BCUT2D eigenvalue weighted by molar-refractivity contribution is -0.136. The number of aliphatic carboxylic acids is 1. The van der Waals surface area contributed by atoms with Crippen molar-refractivity contribution >= 4 is 17.7 Å². The Bertz CT molecular complexity index is 132. The molecule has 1 unspecified atom stereocenters. The lowest BCUT2D eigenvalue weighted by Gasteiger charge is -2.04. The monoisotopic (exact) mass is 176 g/mol. The fraction of sp³-hybridized carbons (Fsp3) is 0.857. The van der Waals surface area contributed by atoms with Crippen LogP contribution in [0.5, 0.6) is 0 Å². The number of rotatable bonds is 4. The Labute approximate surface area is 70.1 Å². The summed E-state index contributed by atoms with van der Waals surface area (Å²) in [6.45, 7) is 1.63. The van der Waals surface area contributed by atoms with Gasteiger partial charge in [0.25, 0.3) is 0 Å². The molecule has 1 aliphatic heterocycles. The highest BCUT2D eigenvalue weighted by Crippen LogP contribution is 2.20. The van der Waals surface area contributed by atoms with E-state index >= 15 is 0 Å². The van der Waals surface area contributed by atoms with E-state index in [1.165, 1.54) is 0 Å². The predicted octanol–water partition coefficient (Wildman–Crippen LogP) is 0.983. The Morgan fingerprint density at radius 3 is 3.09 bits per heavy atom. The van der Waals surface area contributed by atoms with Gasteiger partial charge in [-0.15, -0.1) is 0 Å². The van der Waals surface area contributed by atoms with E-state index in [2.05, 4.69) is 0 Å². The molecule has 1 N–H and O–H groups in total. The van der Waals surface area contributed by atoms with Crippen LogP contribution in [0.15, 0.2) is 0 Å². The first-order valence-electron chi connectivity index (χ1n) is 3.70. The van der Waals surface area contributed by atoms with Crippen LogP contribution in [-0.2, 0) is 9.53 Å². The normalized spacial score (nSPS) is 23.8.